The average Bonchev–Trinajstić information content (AvgIpc) is 2.74. The predicted octanol–water partition coefficient (Wildman–Crippen LogP) is 3.72. The van der Waals surface area contributed by atoms with E-state index in [0.29, 0.717) is 53.0 Å². The van der Waals surface area contributed by atoms with Crippen molar-refractivity contribution in [2.24, 2.45) is 5.92 Å². The van der Waals surface area contributed by atoms with Gasteiger partial charge in [-0.05, 0) is 29.7 Å². The standard InChI is InChI=1S/C23H27N3O3S/c1-16(2)14-26-22(28)19-10-9-18(21(27)24-11-12-29-3)13-20(19)25-23(26)30-15-17-7-5-4-6-8-17/h4-10,13,16H,11-12,14-15H2,1-3H3,(H,24,27). The van der Waals surface area contributed by atoms with Crippen LogP contribution in [0.15, 0.2) is 58.5 Å². The van der Waals surface area contributed by atoms with Gasteiger partial charge >= 0.3 is 0 Å². The smallest absolute Gasteiger partial charge is 0.262 e. The number of amides is 1. The first-order valence-electron chi connectivity index (χ1n) is 9.98. The van der Waals surface area contributed by atoms with Gasteiger partial charge in [-0.2, -0.15) is 0 Å². The molecule has 0 unspecified atom stereocenters. The fourth-order valence-electron chi connectivity index (χ4n) is 3.07. The van der Waals surface area contributed by atoms with Gasteiger partial charge in [0.25, 0.3) is 11.5 Å². The van der Waals surface area contributed by atoms with Gasteiger partial charge in [0.2, 0.25) is 0 Å². The number of nitrogens with zero attached hydrogens (tertiary/aromatic N) is 2. The number of rotatable bonds is 9. The molecule has 3 rings (SSSR count). The van der Waals surface area contributed by atoms with Gasteiger partial charge in [-0.25, -0.2) is 4.98 Å². The van der Waals surface area contributed by atoms with Gasteiger partial charge in [-0.1, -0.05) is 55.9 Å². The lowest BCUT2D eigenvalue weighted by Crippen LogP contribution is -2.28. The minimum atomic E-state index is -0.208. The fraction of sp³-hybridized carbons (Fsp3) is 0.348. The summed E-state index contributed by atoms with van der Waals surface area (Å²) in [6.07, 6.45) is 0. The highest BCUT2D eigenvalue weighted by atomic mass is 32.2. The first kappa shape index (κ1) is 22.1. The molecule has 6 nitrogen and oxygen atoms in total. The Bertz CT molecular complexity index is 1060. The van der Waals surface area contributed by atoms with Crippen LogP contribution in [0.2, 0.25) is 0 Å². The number of carbonyl (C=O) groups excluding carboxylic acids is 1. The third-order valence-corrected chi connectivity index (χ3v) is 5.58. The Morgan fingerprint density at radius 3 is 2.67 bits per heavy atom. The van der Waals surface area contributed by atoms with E-state index in [0.717, 1.165) is 0 Å². The van der Waals surface area contributed by atoms with Crippen molar-refractivity contribution in [3.63, 3.8) is 0 Å². The molecule has 0 bridgehead atoms. The summed E-state index contributed by atoms with van der Waals surface area (Å²) in [6.45, 7) is 5.62. The van der Waals surface area contributed by atoms with Crippen molar-refractivity contribution in [3.8, 4) is 0 Å². The molecule has 30 heavy (non-hydrogen) atoms. The first-order valence-corrected chi connectivity index (χ1v) is 11.0. The number of carbonyl (C=O) groups is 1. The number of fused-ring (bicyclic) bond motifs is 1. The van der Waals surface area contributed by atoms with Gasteiger partial charge in [0, 0.05) is 31.5 Å². The molecular formula is C23H27N3O3S. The van der Waals surface area contributed by atoms with Crippen LogP contribution in [-0.4, -0.2) is 35.7 Å². The highest BCUT2D eigenvalue weighted by molar-refractivity contribution is 7.98. The number of benzene rings is 2. The quantitative estimate of drug-likeness (QED) is 0.321. The molecule has 0 fully saturated rings. The Hall–Kier alpha value is -2.64. The second kappa shape index (κ2) is 10.4. The van der Waals surface area contributed by atoms with Crippen LogP contribution in [0.1, 0.15) is 29.8 Å². The number of hydrogen-bond donors (Lipinski definition) is 1. The molecule has 158 valence electrons. The SMILES string of the molecule is COCCNC(=O)c1ccc2c(=O)n(CC(C)C)c(SCc3ccccc3)nc2c1. The normalized spacial score (nSPS) is 11.2. The Morgan fingerprint density at radius 2 is 1.97 bits per heavy atom. The zero-order valence-corrected chi connectivity index (χ0v) is 18.4. The van der Waals surface area contributed by atoms with Crippen molar-refractivity contribution in [2.45, 2.75) is 31.3 Å². The highest BCUT2D eigenvalue weighted by Gasteiger charge is 2.15. The van der Waals surface area contributed by atoms with Crippen molar-refractivity contribution in [1.29, 1.82) is 0 Å². The number of ether oxygens (including phenoxy) is 1. The first-order chi connectivity index (χ1) is 14.5. The van der Waals surface area contributed by atoms with Gasteiger partial charge in [-0.15, -0.1) is 0 Å². The largest absolute Gasteiger partial charge is 0.383 e. The average molecular weight is 426 g/mol. The highest BCUT2D eigenvalue weighted by Crippen LogP contribution is 2.23. The fourth-order valence-corrected chi connectivity index (χ4v) is 4.03. The van der Waals surface area contributed by atoms with Gasteiger partial charge in [-0.3, -0.25) is 14.2 Å². The van der Waals surface area contributed by atoms with Crippen LogP contribution in [0.5, 0.6) is 0 Å². The number of thioether (sulfide) groups is 1. The van der Waals surface area contributed by atoms with Crippen LogP contribution in [-0.2, 0) is 17.0 Å². The Kier molecular flexibility index (Phi) is 7.65. The lowest BCUT2D eigenvalue weighted by atomic mass is 10.1. The van der Waals surface area contributed by atoms with Crippen molar-refractivity contribution >= 4 is 28.6 Å². The molecule has 0 spiro atoms. The van der Waals surface area contributed by atoms with E-state index in [4.69, 9.17) is 9.72 Å². The summed E-state index contributed by atoms with van der Waals surface area (Å²) < 4.78 is 6.71. The predicted molar refractivity (Wildman–Crippen MR) is 121 cm³/mol. The third kappa shape index (κ3) is 5.49. The molecule has 0 aliphatic rings. The van der Waals surface area contributed by atoms with Crippen LogP contribution in [0, 0.1) is 5.92 Å². The van der Waals surface area contributed by atoms with E-state index in [2.05, 4.69) is 31.3 Å². The van der Waals surface area contributed by atoms with Gasteiger partial charge in [0.15, 0.2) is 5.16 Å². The second-order valence-corrected chi connectivity index (χ2v) is 8.40. The molecule has 0 saturated carbocycles. The lowest BCUT2D eigenvalue weighted by Gasteiger charge is -2.15. The van der Waals surface area contributed by atoms with Crippen molar-refractivity contribution < 1.29 is 9.53 Å². The van der Waals surface area contributed by atoms with E-state index in [9.17, 15) is 9.59 Å². The molecule has 2 aromatic carbocycles. The summed E-state index contributed by atoms with van der Waals surface area (Å²) >= 11 is 1.54. The molecule has 1 amide bonds. The maximum Gasteiger partial charge on any atom is 0.262 e. The van der Waals surface area contributed by atoms with Gasteiger partial charge < -0.3 is 10.1 Å². The van der Waals surface area contributed by atoms with Crippen LogP contribution >= 0.6 is 11.8 Å². The van der Waals surface area contributed by atoms with E-state index in [-0.39, 0.29) is 11.5 Å². The van der Waals surface area contributed by atoms with E-state index in [1.807, 2.05) is 18.2 Å². The van der Waals surface area contributed by atoms with E-state index >= 15 is 0 Å². The van der Waals surface area contributed by atoms with E-state index in [1.165, 1.54) is 17.3 Å². The molecule has 1 aromatic heterocycles. The van der Waals surface area contributed by atoms with Crippen LogP contribution in [0.3, 0.4) is 0 Å². The molecule has 7 heteroatoms. The zero-order valence-electron chi connectivity index (χ0n) is 17.6. The maximum atomic E-state index is 13.2. The summed E-state index contributed by atoms with van der Waals surface area (Å²) in [4.78, 5) is 30.3. The van der Waals surface area contributed by atoms with Crippen molar-refractivity contribution in [2.75, 3.05) is 20.3 Å². The number of methoxy groups -OCH3 is 1. The lowest BCUT2D eigenvalue weighted by molar-refractivity contribution is 0.0937. The topological polar surface area (TPSA) is 73.2 Å². The second-order valence-electron chi connectivity index (χ2n) is 7.46. The molecule has 0 saturated heterocycles. The summed E-state index contributed by atoms with van der Waals surface area (Å²) in [5, 5.41) is 3.99. The van der Waals surface area contributed by atoms with Crippen molar-refractivity contribution in [1.82, 2.24) is 14.9 Å². The van der Waals surface area contributed by atoms with Crippen molar-refractivity contribution in [3.05, 3.63) is 70.0 Å². The molecule has 0 aliphatic carbocycles. The molecular weight excluding hydrogens is 398 g/mol. The Balaban J connectivity index is 1.96. The molecule has 1 N–H and O–H groups in total. The maximum absolute atomic E-state index is 13.2. The van der Waals surface area contributed by atoms with Crippen LogP contribution in [0.4, 0.5) is 0 Å². The molecule has 0 atom stereocenters. The molecule has 0 radical (unpaired) electrons. The molecule has 1 heterocycles. The van der Waals surface area contributed by atoms with Crippen LogP contribution < -0.4 is 10.9 Å². The summed E-state index contributed by atoms with van der Waals surface area (Å²) in [5.74, 6) is 0.818. The van der Waals surface area contributed by atoms with Crippen LogP contribution in [0.25, 0.3) is 10.9 Å². The minimum Gasteiger partial charge on any atom is -0.383 e. The number of hydrogen-bond acceptors (Lipinski definition) is 5. The Morgan fingerprint density at radius 1 is 1.20 bits per heavy atom. The van der Waals surface area contributed by atoms with E-state index in [1.54, 1.807) is 29.9 Å². The summed E-state index contributed by atoms with van der Waals surface area (Å²) in [5.41, 5.74) is 2.11. The monoisotopic (exact) mass is 425 g/mol. The minimum absolute atomic E-state index is 0.0735. The Labute approximate surface area is 180 Å². The van der Waals surface area contributed by atoms with E-state index < -0.39 is 0 Å². The van der Waals surface area contributed by atoms with Gasteiger partial charge in [0.05, 0.1) is 17.5 Å². The zero-order chi connectivity index (χ0) is 21.5. The third-order valence-electron chi connectivity index (χ3n) is 4.53. The molecule has 3 aromatic rings. The van der Waals surface area contributed by atoms with Gasteiger partial charge in [0.1, 0.15) is 0 Å². The number of nitrogens with one attached hydrogen (secondary N) is 1. The summed E-state index contributed by atoms with van der Waals surface area (Å²) in [7, 11) is 1.59. The molecule has 0 aliphatic heterocycles. The summed E-state index contributed by atoms with van der Waals surface area (Å²) in [6, 6.07) is 15.1. The number of aromatic nitrogens is 2.